The number of aromatic amines is 2. The summed E-state index contributed by atoms with van der Waals surface area (Å²) in [4.78, 5) is 53.5. The Labute approximate surface area is 297 Å². The molecular weight excluding hydrogens is 646 g/mol. The number of hydrogen-bond donors (Lipinski definition) is 4. The molecule has 2 aromatic heterocycles. The first-order chi connectivity index (χ1) is 24.6. The number of H-pyrrole nitrogens is 2. The maximum absolute atomic E-state index is 12.8. The summed E-state index contributed by atoms with van der Waals surface area (Å²) in [6.45, 7) is 6.72. The number of fused-ring (bicyclic) bond motifs is 1. The lowest BCUT2D eigenvalue weighted by molar-refractivity contribution is -0.120. The fourth-order valence-electron chi connectivity index (χ4n) is 6.25. The Bertz CT molecular complexity index is 1990. The second-order valence-corrected chi connectivity index (χ2v) is 13.8. The summed E-state index contributed by atoms with van der Waals surface area (Å²) in [5, 5.41) is 7.42. The van der Waals surface area contributed by atoms with Crippen molar-refractivity contribution in [2.75, 3.05) is 26.7 Å². The van der Waals surface area contributed by atoms with Crippen molar-refractivity contribution in [3.8, 4) is 33.6 Å². The minimum atomic E-state index is -0.630. The monoisotopic (exact) mass is 691 g/mol. The third-order valence-electron chi connectivity index (χ3n) is 8.84. The molecule has 12 heteroatoms. The van der Waals surface area contributed by atoms with Crippen molar-refractivity contribution in [2.24, 2.45) is 0 Å². The van der Waals surface area contributed by atoms with Gasteiger partial charge in [0.15, 0.2) is 0 Å². The van der Waals surface area contributed by atoms with Crippen molar-refractivity contribution in [1.29, 1.82) is 0 Å². The molecule has 0 bridgehead atoms. The van der Waals surface area contributed by atoms with Gasteiger partial charge < -0.3 is 30.1 Å². The number of imidazole rings is 2. The first kappa shape index (κ1) is 35.2. The van der Waals surface area contributed by atoms with Crippen LogP contribution in [0.4, 0.5) is 9.59 Å². The van der Waals surface area contributed by atoms with E-state index in [-0.39, 0.29) is 24.6 Å². The van der Waals surface area contributed by atoms with Gasteiger partial charge in [-0.1, -0.05) is 48.5 Å². The minimum Gasteiger partial charge on any atom is -0.453 e. The number of carbonyl (C=O) groups excluding carboxylic acids is 3. The molecule has 0 aliphatic carbocycles. The summed E-state index contributed by atoms with van der Waals surface area (Å²) in [6, 6.07) is 21.2. The lowest BCUT2D eigenvalue weighted by atomic mass is 9.98. The van der Waals surface area contributed by atoms with Gasteiger partial charge in [0.2, 0.25) is 5.91 Å². The molecule has 1 saturated heterocycles. The van der Waals surface area contributed by atoms with Crippen LogP contribution >= 0.6 is 0 Å². The van der Waals surface area contributed by atoms with Crippen LogP contribution in [-0.4, -0.2) is 75.3 Å². The molecule has 1 unspecified atom stereocenters. The number of benzene rings is 3. The third-order valence-corrected chi connectivity index (χ3v) is 8.84. The quantitative estimate of drug-likeness (QED) is 0.107. The van der Waals surface area contributed by atoms with Crippen LogP contribution in [-0.2, 0) is 20.7 Å². The number of nitrogens with zero attached hydrogens (tertiary/aromatic N) is 3. The van der Waals surface area contributed by atoms with Crippen molar-refractivity contribution < 1.29 is 23.9 Å². The number of aromatic nitrogens is 4. The molecule has 51 heavy (non-hydrogen) atoms. The van der Waals surface area contributed by atoms with Gasteiger partial charge in [0.05, 0.1) is 43.5 Å². The second-order valence-electron chi connectivity index (χ2n) is 13.8. The normalized spacial score (nSPS) is 14.4. The van der Waals surface area contributed by atoms with E-state index in [1.54, 1.807) is 4.90 Å². The maximum Gasteiger partial charge on any atom is 0.410 e. The maximum atomic E-state index is 12.8. The smallest absolute Gasteiger partial charge is 0.410 e. The Morgan fingerprint density at radius 2 is 1.51 bits per heavy atom. The molecule has 0 saturated carbocycles. The number of hydrogen-bond acceptors (Lipinski definition) is 7. The van der Waals surface area contributed by atoms with Gasteiger partial charge in [-0.25, -0.2) is 19.6 Å². The third kappa shape index (κ3) is 8.94. The largest absolute Gasteiger partial charge is 0.453 e. The zero-order chi connectivity index (χ0) is 36.0. The number of amides is 3. The van der Waals surface area contributed by atoms with Crippen molar-refractivity contribution in [3.05, 3.63) is 84.7 Å². The van der Waals surface area contributed by atoms with E-state index >= 15 is 0 Å². The Balaban J connectivity index is 1.04. The molecule has 3 amide bonds. The molecule has 1 aliphatic heterocycles. The number of nitrogens with one attached hydrogen (secondary N) is 4. The molecule has 0 spiro atoms. The van der Waals surface area contributed by atoms with Gasteiger partial charge in [-0.2, -0.15) is 0 Å². The van der Waals surface area contributed by atoms with E-state index < -0.39 is 11.7 Å². The SMILES string of the molecule is COC(=O)NCC(=O)NCCCCc1ncc(-c2ccc3cc(-c4ccc(-c5cnc(C6CCCN6C(=O)OC(C)(C)C)[nH]5)cc4)ccc3c2)[nH]1. The zero-order valence-corrected chi connectivity index (χ0v) is 29.5. The van der Waals surface area contributed by atoms with E-state index in [0.29, 0.717) is 13.1 Å². The van der Waals surface area contributed by atoms with Crippen LogP contribution in [0.2, 0.25) is 0 Å². The predicted octanol–water partition coefficient (Wildman–Crippen LogP) is 7.15. The van der Waals surface area contributed by atoms with Crippen LogP contribution in [0, 0.1) is 0 Å². The molecule has 1 atom stereocenters. The molecule has 1 fully saturated rings. The van der Waals surface area contributed by atoms with Crippen LogP contribution in [0.25, 0.3) is 44.4 Å². The average Bonchev–Trinajstić information content (AvgIpc) is 3.91. The van der Waals surface area contributed by atoms with Gasteiger partial charge in [0.25, 0.3) is 0 Å². The molecule has 12 nitrogen and oxygen atoms in total. The number of aryl methyl sites for hydroxylation is 1. The Morgan fingerprint density at radius 1 is 0.843 bits per heavy atom. The number of rotatable bonds is 11. The predicted molar refractivity (Wildman–Crippen MR) is 196 cm³/mol. The van der Waals surface area contributed by atoms with Crippen LogP contribution in [0.3, 0.4) is 0 Å². The highest BCUT2D eigenvalue weighted by Gasteiger charge is 2.34. The number of unbranched alkanes of at least 4 members (excludes halogenated alkanes) is 1. The first-order valence-corrected chi connectivity index (χ1v) is 17.4. The van der Waals surface area contributed by atoms with E-state index in [1.807, 2.05) is 33.2 Å². The Morgan fingerprint density at radius 3 is 2.25 bits per heavy atom. The number of ether oxygens (including phenoxy) is 2. The summed E-state index contributed by atoms with van der Waals surface area (Å²) in [5.74, 6) is 1.43. The van der Waals surface area contributed by atoms with E-state index in [9.17, 15) is 14.4 Å². The van der Waals surface area contributed by atoms with Crippen molar-refractivity contribution in [2.45, 2.75) is 64.5 Å². The Hall–Kier alpha value is -5.65. The summed E-state index contributed by atoms with van der Waals surface area (Å²) in [5.41, 5.74) is 5.67. The highest BCUT2D eigenvalue weighted by Crippen LogP contribution is 2.34. The van der Waals surface area contributed by atoms with Gasteiger partial charge >= 0.3 is 12.2 Å². The second kappa shape index (κ2) is 15.5. The lowest BCUT2D eigenvalue weighted by Gasteiger charge is -2.27. The van der Waals surface area contributed by atoms with Gasteiger partial charge in [-0.3, -0.25) is 9.69 Å². The molecular formula is C39H45N7O5. The van der Waals surface area contributed by atoms with Crippen LogP contribution in [0.1, 0.15) is 64.1 Å². The summed E-state index contributed by atoms with van der Waals surface area (Å²) < 4.78 is 10.1. The van der Waals surface area contributed by atoms with Gasteiger partial charge in [0, 0.05) is 25.1 Å². The molecule has 0 radical (unpaired) electrons. The van der Waals surface area contributed by atoms with Crippen molar-refractivity contribution >= 4 is 28.9 Å². The van der Waals surface area contributed by atoms with E-state index in [1.165, 1.54) is 7.11 Å². The first-order valence-electron chi connectivity index (χ1n) is 17.4. The van der Waals surface area contributed by atoms with Crippen LogP contribution in [0.15, 0.2) is 73.1 Å². The molecule has 5 aromatic rings. The van der Waals surface area contributed by atoms with E-state index in [2.05, 4.69) is 96.0 Å². The van der Waals surface area contributed by atoms with Crippen molar-refractivity contribution in [1.82, 2.24) is 35.5 Å². The van der Waals surface area contributed by atoms with Crippen LogP contribution < -0.4 is 10.6 Å². The zero-order valence-electron chi connectivity index (χ0n) is 29.5. The topological polar surface area (TPSA) is 154 Å². The van der Waals surface area contributed by atoms with E-state index in [4.69, 9.17) is 4.74 Å². The number of methoxy groups -OCH3 is 1. The standard InChI is InChI=1S/C39H45N7O5/c1-39(2,3)51-38(49)46-19-7-8-33(46)36-42-23-31(45-36)26-12-10-25(11-13-26)27-14-15-29-21-30(17-16-28(29)20-27)32-22-41-34(44-32)9-5-6-18-40-35(47)24-43-37(48)50-4/h10-17,20-23,33H,5-9,18-19,24H2,1-4H3,(H,40,47)(H,41,44)(H,42,45)(H,43,48). The molecule has 3 heterocycles. The fraction of sp³-hybridized carbons (Fsp3) is 0.359. The molecule has 3 aromatic carbocycles. The summed E-state index contributed by atoms with van der Waals surface area (Å²) in [7, 11) is 1.26. The molecule has 6 rings (SSSR count). The van der Waals surface area contributed by atoms with Gasteiger partial charge in [-0.15, -0.1) is 0 Å². The number of likely N-dealkylation sites (tertiary alicyclic amines) is 1. The van der Waals surface area contributed by atoms with Crippen molar-refractivity contribution in [3.63, 3.8) is 0 Å². The number of alkyl carbamates (subject to hydrolysis) is 1. The minimum absolute atomic E-state index is 0.108. The Kier molecular flexibility index (Phi) is 10.7. The fourth-order valence-corrected chi connectivity index (χ4v) is 6.25. The van der Waals surface area contributed by atoms with E-state index in [0.717, 1.165) is 88.2 Å². The van der Waals surface area contributed by atoms with Gasteiger partial charge in [0.1, 0.15) is 17.2 Å². The highest BCUT2D eigenvalue weighted by molar-refractivity contribution is 5.90. The van der Waals surface area contributed by atoms with Gasteiger partial charge in [-0.05, 0) is 86.1 Å². The summed E-state index contributed by atoms with van der Waals surface area (Å²) >= 11 is 0. The molecule has 1 aliphatic rings. The highest BCUT2D eigenvalue weighted by atomic mass is 16.6. The lowest BCUT2D eigenvalue weighted by Crippen LogP contribution is -2.37. The summed E-state index contributed by atoms with van der Waals surface area (Å²) in [6.07, 6.45) is 6.95. The molecule has 266 valence electrons. The number of carbonyl (C=O) groups is 3. The van der Waals surface area contributed by atoms with Crippen LogP contribution in [0.5, 0.6) is 0 Å². The molecule has 4 N–H and O–H groups in total. The average molecular weight is 692 g/mol.